The average molecular weight is 451 g/mol. The molecule has 0 aliphatic heterocycles. The molecule has 0 aliphatic rings. The number of anilines is 2. The van der Waals surface area contributed by atoms with Crippen molar-refractivity contribution >= 4 is 52.2 Å². The minimum Gasteiger partial charge on any atom is -0.326 e. The van der Waals surface area contributed by atoms with Crippen LogP contribution in [0, 0.1) is 0 Å². The van der Waals surface area contributed by atoms with Crippen molar-refractivity contribution in [1.82, 2.24) is 9.38 Å². The second-order valence-electron chi connectivity index (χ2n) is 6.84. The summed E-state index contributed by atoms with van der Waals surface area (Å²) in [5, 5.41) is 5.79. The Morgan fingerprint density at radius 1 is 1.06 bits per heavy atom. The number of fused-ring (bicyclic) bond motifs is 1. The van der Waals surface area contributed by atoms with Gasteiger partial charge in [-0.15, -0.1) is 11.8 Å². The Labute approximate surface area is 188 Å². The highest BCUT2D eigenvalue weighted by Gasteiger charge is 2.10. The summed E-state index contributed by atoms with van der Waals surface area (Å²) in [6, 6.07) is 18.2. The lowest BCUT2D eigenvalue weighted by atomic mass is 10.2. The molecule has 0 radical (unpaired) electrons. The van der Waals surface area contributed by atoms with Gasteiger partial charge in [-0.3, -0.25) is 9.59 Å². The van der Waals surface area contributed by atoms with E-state index in [9.17, 15) is 9.59 Å². The number of rotatable bonds is 6. The molecule has 2 heterocycles. The number of nitrogens with one attached hydrogen (secondary N) is 2. The predicted octanol–water partition coefficient (Wildman–Crippen LogP) is 5.49. The van der Waals surface area contributed by atoms with Gasteiger partial charge in [0.05, 0.1) is 16.4 Å². The third-order valence-corrected chi connectivity index (χ3v) is 5.81. The number of hydrogen-bond donors (Lipinski definition) is 2. The minimum atomic E-state index is -0.258. The molecule has 2 aromatic carbocycles. The first kappa shape index (κ1) is 21.0. The van der Waals surface area contributed by atoms with Gasteiger partial charge in [-0.1, -0.05) is 17.7 Å². The van der Waals surface area contributed by atoms with Gasteiger partial charge in [0.15, 0.2) is 0 Å². The number of pyridine rings is 1. The summed E-state index contributed by atoms with van der Waals surface area (Å²) < 4.78 is 2.00. The van der Waals surface area contributed by atoms with Gasteiger partial charge in [0.2, 0.25) is 5.91 Å². The molecule has 0 atom stereocenters. The summed E-state index contributed by atoms with van der Waals surface area (Å²) >= 11 is 7.88. The van der Waals surface area contributed by atoms with E-state index >= 15 is 0 Å². The van der Waals surface area contributed by atoms with E-state index in [1.165, 1.54) is 6.92 Å². The fourth-order valence-electron chi connectivity index (χ4n) is 3.01. The van der Waals surface area contributed by atoms with Crippen LogP contribution >= 0.6 is 23.4 Å². The highest BCUT2D eigenvalue weighted by atomic mass is 35.5. The lowest BCUT2D eigenvalue weighted by Gasteiger charge is -2.10. The van der Waals surface area contributed by atoms with E-state index in [2.05, 4.69) is 15.6 Å². The second kappa shape index (κ2) is 9.24. The Hall–Kier alpha value is -3.29. The van der Waals surface area contributed by atoms with Crippen molar-refractivity contribution in [3.63, 3.8) is 0 Å². The van der Waals surface area contributed by atoms with Gasteiger partial charge >= 0.3 is 0 Å². The summed E-state index contributed by atoms with van der Waals surface area (Å²) in [5.74, 6) is 0.293. The maximum Gasteiger partial charge on any atom is 0.255 e. The number of carbonyl (C=O) groups is 2. The zero-order valence-electron chi connectivity index (χ0n) is 16.6. The van der Waals surface area contributed by atoms with Crippen molar-refractivity contribution in [3.8, 4) is 0 Å². The molecule has 0 saturated heterocycles. The highest BCUT2D eigenvalue weighted by Crippen LogP contribution is 2.27. The molecule has 0 spiro atoms. The van der Waals surface area contributed by atoms with Gasteiger partial charge in [0.25, 0.3) is 5.91 Å². The van der Waals surface area contributed by atoms with Gasteiger partial charge in [-0.2, -0.15) is 0 Å². The van der Waals surface area contributed by atoms with Crippen LogP contribution in [0.15, 0.2) is 78.0 Å². The number of amides is 2. The van der Waals surface area contributed by atoms with E-state index in [0.717, 1.165) is 22.0 Å². The van der Waals surface area contributed by atoms with Crippen LogP contribution < -0.4 is 10.6 Å². The van der Waals surface area contributed by atoms with Crippen molar-refractivity contribution < 1.29 is 9.59 Å². The Kier molecular flexibility index (Phi) is 6.25. The Morgan fingerprint density at radius 3 is 2.58 bits per heavy atom. The number of aromatic nitrogens is 2. The van der Waals surface area contributed by atoms with Gasteiger partial charge < -0.3 is 15.0 Å². The van der Waals surface area contributed by atoms with Crippen LogP contribution in [-0.2, 0) is 10.5 Å². The molecule has 31 heavy (non-hydrogen) atoms. The topological polar surface area (TPSA) is 75.5 Å². The number of thioether (sulfide) groups is 1. The molecular weight excluding hydrogens is 432 g/mol. The van der Waals surface area contributed by atoms with E-state index in [0.29, 0.717) is 22.0 Å². The van der Waals surface area contributed by atoms with Crippen molar-refractivity contribution in [1.29, 1.82) is 0 Å². The van der Waals surface area contributed by atoms with Gasteiger partial charge in [0.1, 0.15) is 5.65 Å². The van der Waals surface area contributed by atoms with Crippen LogP contribution in [0.1, 0.15) is 23.0 Å². The van der Waals surface area contributed by atoms with Gasteiger partial charge in [0, 0.05) is 41.2 Å². The number of carbonyl (C=O) groups excluding carboxylic acids is 2. The summed E-state index contributed by atoms with van der Waals surface area (Å²) in [6.45, 7) is 1.42. The quantitative estimate of drug-likeness (QED) is 0.381. The monoisotopic (exact) mass is 450 g/mol. The van der Waals surface area contributed by atoms with E-state index < -0.39 is 0 Å². The van der Waals surface area contributed by atoms with Gasteiger partial charge in [-0.25, -0.2) is 4.98 Å². The molecule has 2 N–H and O–H groups in total. The zero-order chi connectivity index (χ0) is 21.8. The Bertz CT molecular complexity index is 1220. The van der Waals surface area contributed by atoms with E-state index in [1.807, 2.05) is 47.1 Å². The van der Waals surface area contributed by atoms with E-state index in [-0.39, 0.29) is 11.8 Å². The smallest absolute Gasteiger partial charge is 0.255 e. The minimum absolute atomic E-state index is 0.188. The lowest BCUT2D eigenvalue weighted by molar-refractivity contribution is -0.114. The van der Waals surface area contributed by atoms with Crippen LogP contribution in [0.25, 0.3) is 5.65 Å². The number of benzene rings is 2. The maximum absolute atomic E-state index is 12.6. The summed E-state index contributed by atoms with van der Waals surface area (Å²) in [6.07, 6.45) is 3.99. The molecule has 0 aliphatic carbocycles. The molecule has 0 unspecified atom stereocenters. The highest BCUT2D eigenvalue weighted by molar-refractivity contribution is 7.98. The average Bonchev–Trinajstić information content (AvgIpc) is 3.17. The molecule has 4 aromatic rings. The first-order valence-electron chi connectivity index (χ1n) is 9.52. The fourth-order valence-corrected chi connectivity index (χ4v) is 4.02. The van der Waals surface area contributed by atoms with Crippen molar-refractivity contribution in [2.75, 3.05) is 10.6 Å². The predicted molar refractivity (Wildman–Crippen MR) is 125 cm³/mol. The first-order valence-corrected chi connectivity index (χ1v) is 10.9. The molecule has 0 saturated carbocycles. The van der Waals surface area contributed by atoms with Crippen LogP contribution in [0.5, 0.6) is 0 Å². The van der Waals surface area contributed by atoms with E-state index in [4.69, 9.17) is 11.6 Å². The van der Waals surface area contributed by atoms with Gasteiger partial charge in [-0.05, 0) is 54.6 Å². The summed E-state index contributed by atoms with van der Waals surface area (Å²) in [7, 11) is 0. The lowest BCUT2D eigenvalue weighted by Crippen LogP contribution is -2.12. The van der Waals surface area contributed by atoms with E-state index in [1.54, 1.807) is 42.1 Å². The van der Waals surface area contributed by atoms with Crippen LogP contribution in [0.3, 0.4) is 0 Å². The SMILES string of the molecule is CC(=O)Nc1ccc(NC(=O)c2ccc(SCc3cn4ccccc4n3)cc2)c(Cl)c1. The standard InChI is InChI=1S/C23H19ClN4O2S/c1-15(29)25-17-7-10-21(20(24)12-17)27-23(30)16-5-8-19(9-6-16)31-14-18-13-28-11-3-2-4-22(28)26-18/h2-13H,14H2,1H3,(H,25,29)(H,27,30). The molecule has 6 nitrogen and oxygen atoms in total. The molecule has 2 aromatic heterocycles. The summed E-state index contributed by atoms with van der Waals surface area (Å²) in [4.78, 5) is 29.3. The third-order valence-electron chi connectivity index (χ3n) is 4.45. The Balaban J connectivity index is 1.37. The number of halogens is 1. The molecule has 0 fully saturated rings. The zero-order valence-corrected chi connectivity index (χ0v) is 18.2. The molecule has 8 heteroatoms. The van der Waals surface area contributed by atoms with Crippen molar-refractivity contribution in [2.24, 2.45) is 0 Å². The first-order chi connectivity index (χ1) is 15.0. The fraction of sp³-hybridized carbons (Fsp3) is 0.0870. The van der Waals surface area contributed by atoms with Crippen LogP contribution in [0.2, 0.25) is 5.02 Å². The van der Waals surface area contributed by atoms with Crippen LogP contribution in [0.4, 0.5) is 11.4 Å². The van der Waals surface area contributed by atoms with Crippen LogP contribution in [-0.4, -0.2) is 21.2 Å². The number of imidazole rings is 1. The Morgan fingerprint density at radius 2 is 1.87 bits per heavy atom. The summed E-state index contributed by atoms with van der Waals surface area (Å²) in [5.41, 5.74) is 3.50. The largest absolute Gasteiger partial charge is 0.326 e. The van der Waals surface area contributed by atoms with Crippen molar-refractivity contribution in [2.45, 2.75) is 17.6 Å². The number of hydrogen-bond acceptors (Lipinski definition) is 4. The second-order valence-corrected chi connectivity index (χ2v) is 8.30. The molecule has 2 amide bonds. The molecule has 156 valence electrons. The molecule has 4 rings (SSSR count). The molecule has 0 bridgehead atoms. The maximum atomic E-state index is 12.6. The number of nitrogens with zero attached hydrogens (tertiary/aromatic N) is 2. The van der Waals surface area contributed by atoms with Crippen molar-refractivity contribution in [3.05, 3.63) is 89.3 Å². The normalized spacial score (nSPS) is 10.8. The third kappa shape index (κ3) is 5.25. The molecular formula is C23H19ClN4O2S.